The van der Waals surface area contributed by atoms with Crippen molar-refractivity contribution in [3.63, 3.8) is 0 Å². The van der Waals surface area contributed by atoms with Crippen LogP contribution in [-0.2, 0) is 0 Å². The maximum atomic E-state index is 12.9. The van der Waals surface area contributed by atoms with E-state index in [1.807, 2.05) is 6.07 Å². The van der Waals surface area contributed by atoms with Crippen molar-refractivity contribution in [1.29, 1.82) is 0 Å². The fraction of sp³-hybridized carbons (Fsp3) is 0. The summed E-state index contributed by atoms with van der Waals surface area (Å²) in [5.74, 6) is -1.12. The SMILES string of the molecule is O=C(Nc1ccc(Cl)c(NC(=O)c2ccccc2)c1)c1ccc(F)cc1. The predicted molar refractivity (Wildman–Crippen MR) is 100 cm³/mol. The second-order valence-electron chi connectivity index (χ2n) is 5.48. The summed E-state index contributed by atoms with van der Waals surface area (Å²) in [6.07, 6.45) is 0. The average Bonchev–Trinajstić information content (AvgIpc) is 2.65. The zero-order valence-electron chi connectivity index (χ0n) is 13.5. The molecule has 0 heterocycles. The highest BCUT2D eigenvalue weighted by Crippen LogP contribution is 2.26. The Balaban J connectivity index is 1.76. The molecule has 26 heavy (non-hydrogen) atoms. The second kappa shape index (κ2) is 7.80. The molecule has 0 aliphatic carbocycles. The van der Waals surface area contributed by atoms with Crippen LogP contribution in [0, 0.1) is 5.82 Å². The number of benzene rings is 3. The summed E-state index contributed by atoms with van der Waals surface area (Å²) >= 11 is 6.13. The van der Waals surface area contributed by atoms with Crippen molar-refractivity contribution in [2.45, 2.75) is 0 Å². The Labute approximate surface area is 154 Å². The second-order valence-corrected chi connectivity index (χ2v) is 5.88. The topological polar surface area (TPSA) is 58.2 Å². The number of nitrogens with one attached hydrogen (secondary N) is 2. The molecule has 0 radical (unpaired) electrons. The minimum absolute atomic E-state index is 0.311. The molecule has 0 atom stereocenters. The summed E-state index contributed by atoms with van der Waals surface area (Å²) in [5.41, 5.74) is 1.63. The molecule has 0 aliphatic rings. The maximum absolute atomic E-state index is 12.9. The number of carbonyl (C=O) groups excluding carboxylic acids is 2. The molecule has 2 amide bonds. The van der Waals surface area contributed by atoms with Gasteiger partial charge in [-0.3, -0.25) is 9.59 Å². The molecule has 3 aromatic rings. The number of halogens is 2. The first-order valence-electron chi connectivity index (χ1n) is 7.76. The molecule has 0 saturated heterocycles. The molecule has 0 spiro atoms. The molecule has 0 aromatic heterocycles. The largest absolute Gasteiger partial charge is 0.322 e. The Morgan fingerprint density at radius 3 is 2.08 bits per heavy atom. The fourth-order valence-electron chi connectivity index (χ4n) is 2.29. The van der Waals surface area contributed by atoms with E-state index in [-0.39, 0.29) is 5.91 Å². The van der Waals surface area contributed by atoms with Crippen molar-refractivity contribution in [2.24, 2.45) is 0 Å². The van der Waals surface area contributed by atoms with Gasteiger partial charge in [0.15, 0.2) is 0 Å². The van der Waals surface area contributed by atoms with Crippen molar-refractivity contribution in [2.75, 3.05) is 10.6 Å². The lowest BCUT2D eigenvalue weighted by Crippen LogP contribution is -2.14. The molecule has 0 unspecified atom stereocenters. The lowest BCUT2D eigenvalue weighted by molar-refractivity contribution is 0.101. The van der Waals surface area contributed by atoms with Gasteiger partial charge in [-0.15, -0.1) is 0 Å². The van der Waals surface area contributed by atoms with Gasteiger partial charge in [0.2, 0.25) is 0 Å². The van der Waals surface area contributed by atoms with Crippen molar-refractivity contribution < 1.29 is 14.0 Å². The Hall–Kier alpha value is -3.18. The van der Waals surface area contributed by atoms with Gasteiger partial charge < -0.3 is 10.6 Å². The molecular weight excluding hydrogens is 355 g/mol. The highest BCUT2D eigenvalue weighted by atomic mass is 35.5. The van der Waals surface area contributed by atoms with E-state index >= 15 is 0 Å². The molecule has 4 nitrogen and oxygen atoms in total. The van der Waals surface area contributed by atoms with E-state index in [1.54, 1.807) is 42.5 Å². The minimum atomic E-state index is -0.418. The molecule has 0 saturated carbocycles. The van der Waals surface area contributed by atoms with Crippen molar-refractivity contribution in [3.8, 4) is 0 Å². The third-order valence-corrected chi connectivity index (χ3v) is 3.94. The van der Waals surface area contributed by atoms with Crippen LogP contribution in [0.3, 0.4) is 0 Å². The number of rotatable bonds is 4. The summed E-state index contributed by atoms with van der Waals surface area (Å²) in [5, 5.41) is 5.74. The summed E-state index contributed by atoms with van der Waals surface area (Å²) in [4.78, 5) is 24.5. The van der Waals surface area contributed by atoms with E-state index in [1.165, 1.54) is 24.3 Å². The molecule has 3 rings (SSSR count). The van der Waals surface area contributed by atoms with Gasteiger partial charge in [0.25, 0.3) is 11.8 Å². The molecule has 0 bridgehead atoms. The number of amides is 2. The van der Waals surface area contributed by atoms with Gasteiger partial charge in [-0.1, -0.05) is 29.8 Å². The van der Waals surface area contributed by atoms with Gasteiger partial charge >= 0.3 is 0 Å². The smallest absolute Gasteiger partial charge is 0.255 e. The standard InChI is InChI=1S/C20H14ClFN2O2/c21-17-11-10-16(23-19(25)14-6-8-15(22)9-7-14)12-18(17)24-20(26)13-4-2-1-3-5-13/h1-12H,(H,23,25)(H,24,26). The highest BCUT2D eigenvalue weighted by Gasteiger charge is 2.11. The lowest BCUT2D eigenvalue weighted by Gasteiger charge is -2.11. The quantitative estimate of drug-likeness (QED) is 0.682. The van der Waals surface area contributed by atoms with Gasteiger partial charge in [0, 0.05) is 16.8 Å². The summed E-state index contributed by atoms with van der Waals surface area (Å²) in [6, 6.07) is 18.6. The zero-order valence-corrected chi connectivity index (χ0v) is 14.3. The predicted octanol–water partition coefficient (Wildman–Crippen LogP) is 4.98. The van der Waals surface area contributed by atoms with E-state index in [2.05, 4.69) is 10.6 Å². The molecule has 6 heteroatoms. The van der Waals surface area contributed by atoms with E-state index in [0.29, 0.717) is 27.5 Å². The van der Waals surface area contributed by atoms with Gasteiger partial charge in [-0.25, -0.2) is 4.39 Å². The molecule has 0 fully saturated rings. The Morgan fingerprint density at radius 2 is 1.38 bits per heavy atom. The van der Waals surface area contributed by atoms with E-state index in [9.17, 15) is 14.0 Å². The fourth-order valence-corrected chi connectivity index (χ4v) is 2.45. The lowest BCUT2D eigenvalue weighted by atomic mass is 10.2. The molecule has 3 aromatic carbocycles. The van der Waals surface area contributed by atoms with Crippen LogP contribution in [0.2, 0.25) is 5.02 Å². The van der Waals surface area contributed by atoms with Gasteiger partial charge in [-0.05, 0) is 54.6 Å². The van der Waals surface area contributed by atoms with Crippen LogP contribution in [0.5, 0.6) is 0 Å². The third kappa shape index (κ3) is 4.26. The Kier molecular flexibility index (Phi) is 5.29. The number of hydrogen-bond acceptors (Lipinski definition) is 2. The average molecular weight is 369 g/mol. The van der Waals surface area contributed by atoms with E-state index in [0.717, 1.165) is 0 Å². The molecular formula is C20H14ClFN2O2. The van der Waals surface area contributed by atoms with Crippen LogP contribution >= 0.6 is 11.6 Å². The van der Waals surface area contributed by atoms with Gasteiger partial charge in [0.05, 0.1) is 10.7 Å². The first-order valence-corrected chi connectivity index (χ1v) is 8.13. The van der Waals surface area contributed by atoms with Crippen LogP contribution in [0.4, 0.5) is 15.8 Å². The van der Waals surface area contributed by atoms with Crippen molar-refractivity contribution >= 4 is 34.8 Å². The van der Waals surface area contributed by atoms with Crippen LogP contribution in [0.25, 0.3) is 0 Å². The summed E-state index contributed by atoms with van der Waals surface area (Å²) < 4.78 is 12.9. The monoisotopic (exact) mass is 368 g/mol. The number of carbonyl (C=O) groups is 2. The minimum Gasteiger partial charge on any atom is -0.322 e. The van der Waals surface area contributed by atoms with Crippen molar-refractivity contribution in [1.82, 2.24) is 0 Å². The van der Waals surface area contributed by atoms with E-state index < -0.39 is 11.7 Å². The number of hydrogen-bond donors (Lipinski definition) is 2. The molecule has 130 valence electrons. The van der Waals surface area contributed by atoms with Crippen LogP contribution < -0.4 is 10.6 Å². The maximum Gasteiger partial charge on any atom is 0.255 e. The first-order chi connectivity index (χ1) is 12.5. The molecule has 0 aliphatic heterocycles. The third-order valence-electron chi connectivity index (χ3n) is 3.61. The van der Waals surface area contributed by atoms with Crippen LogP contribution in [-0.4, -0.2) is 11.8 Å². The Bertz CT molecular complexity index is 944. The van der Waals surface area contributed by atoms with Gasteiger partial charge in [-0.2, -0.15) is 0 Å². The first kappa shape index (κ1) is 17.6. The number of anilines is 2. The normalized spacial score (nSPS) is 10.2. The van der Waals surface area contributed by atoms with Gasteiger partial charge in [0.1, 0.15) is 5.82 Å². The summed E-state index contributed by atoms with van der Waals surface area (Å²) in [7, 11) is 0. The Morgan fingerprint density at radius 1 is 0.769 bits per heavy atom. The molecule has 2 N–H and O–H groups in total. The van der Waals surface area contributed by atoms with Crippen LogP contribution in [0.15, 0.2) is 72.8 Å². The highest BCUT2D eigenvalue weighted by molar-refractivity contribution is 6.34. The van der Waals surface area contributed by atoms with Crippen molar-refractivity contribution in [3.05, 3.63) is 94.8 Å². The van der Waals surface area contributed by atoms with E-state index in [4.69, 9.17) is 11.6 Å². The summed E-state index contributed by atoms with van der Waals surface area (Å²) in [6.45, 7) is 0. The van der Waals surface area contributed by atoms with Crippen LogP contribution in [0.1, 0.15) is 20.7 Å². The zero-order chi connectivity index (χ0) is 18.5.